The lowest BCUT2D eigenvalue weighted by atomic mass is 9.90. The molecule has 0 heterocycles. The summed E-state index contributed by atoms with van der Waals surface area (Å²) in [5.41, 5.74) is 1.06. The van der Waals surface area contributed by atoms with Gasteiger partial charge in [0.15, 0.2) is 0 Å². The molecule has 0 aliphatic heterocycles. The molecular weight excluding hydrogens is 160 g/mol. The first-order chi connectivity index (χ1) is 6.22. The van der Waals surface area contributed by atoms with Crippen LogP contribution < -0.4 is 0 Å². The number of Topliss-reactive ketones (excluding diaryl/α,β-unsaturated/α-hetero) is 1. The molecule has 0 spiro atoms. The van der Waals surface area contributed by atoms with Crippen LogP contribution >= 0.6 is 0 Å². The third-order valence-corrected chi connectivity index (χ3v) is 2.90. The van der Waals surface area contributed by atoms with Crippen molar-refractivity contribution in [3.8, 4) is 0 Å². The molecule has 0 N–H and O–H groups in total. The summed E-state index contributed by atoms with van der Waals surface area (Å²) in [6.45, 7) is 5.90. The van der Waals surface area contributed by atoms with Gasteiger partial charge in [0.05, 0.1) is 0 Å². The molecule has 13 heavy (non-hydrogen) atoms. The molecule has 1 nitrogen and oxygen atoms in total. The molecule has 0 saturated heterocycles. The van der Waals surface area contributed by atoms with Crippen LogP contribution in [0.25, 0.3) is 0 Å². The highest BCUT2D eigenvalue weighted by Crippen LogP contribution is 2.23. The quantitative estimate of drug-likeness (QED) is 0.564. The van der Waals surface area contributed by atoms with Crippen molar-refractivity contribution in [3.05, 3.63) is 12.2 Å². The largest absolute Gasteiger partial charge is 0.299 e. The third kappa shape index (κ3) is 3.33. The maximum atomic E-state index is 11.7. The topological polar surface area (TPSA) is 17.1 Å². The van der Waals surface area contributed by atoms with E-state index >= 15 is 0 Å². The molecule has 0 aromatic carbocycles. The minimum Gasteiger partial charge on any atom is -0.299 e. The molecular formula is C12H20O. The van der Waals surface area contributed by atoms with E-state index in [1.54, 1.807) is 0 Å². The Bertz CT molecular complexity index is 193. The average molecular weight is 180 g/mol. The van der Waals surface area contributed by atoms with Crippen molar-refractivity contribution in [1.29, 1.82) is 0 Å². The Morgan fingerprint density at radius 1 is 1.23 bits per heavy atom. The molecule has 1 atom stereocenters. The fraction of sp³-hybridized carbons (Fsp3) is 0.750. The zero-order valence-corrected chi connectivity index (χ0v) is 8.64. The van der Waals surface area contributed by atoms with Gasteiger partial charge >= 0.3 is 0 Å². The number of carbonyl (C=O) groups is 1. The van der Waals surface area contributed by atoms with E-state index in [0.717, 1.165) is 24.8 Å². The van der Waals surface area contributed by atoms with Crippen molar-refractivity contribution in [1.82, 2.24) is 0 Å². The van der Waals surface area contributed by atoms with Crippen molar-refractivity contribution < 1.29 is 4.79 Å². The van der Waals surface area contributed by atoms with Gasteiger partial charge in [-0.15, -0.1) is 0 Å². The SMILES string of the molecule is C=C(C)C1CCCCCCCC1=O. The Hall–Kier alpha value is -0.590. The van der Waals surface area contributed by atoms with Crippen molar-refractivity contribution in [2.45, 2.75) is 51.9 Å². The molecule has 0 aromatic heterocycles. The van der Waals surface area contributed by atoms with Crippen LogP contribution in [-0.2, 0) is 4.79 Å². The van der Waals surface area contributed by atoms with Gasteiger partial charge in [-0.25, -0.2) is 0 Å². The zero-order chi connectivity index (χ0) is 9.68. The second-order valence-electron chi connectivity index (χ2n) is 4.17. The lowest BCUT2D eigenvalue weighted by molar-refractivity contribution is -0.122. The lowest BCUT2D eigenvalue weighted by Crippen LogP contribution is -2.14. The summed E-state index contributed by atoms with van der Waals surface area (Å²) < 4.78 is 0. The standard InChI is InChI=1S/C12H20O/c1-10(2)11-8-6-4-3-5-7-9-12(11)13/h11H,1,3-9H2,2H3. The Balaban J connectivity index is 2.55. The van der Waals surface area contributed by atoms with Crippen LogP contribution in [0.5, 0.6) is 0 Å². The Labute approximate surface area is 81.2 Å². The van der Waals surface area contributed by atoms with Crippen molar-refractivity contribution >= 4 is 5.78 Å². The number of hydrogen-bond acceptors (Lipinski definition) is 1. The van der Waals surface area contributed by atoms with E-state index in [-0.39, 0.29) is 5.92 Å². The summed E-state index contributed by atoms with van der Waals surface area (Å²) >= 11 is 0. The van der Waals surface area contributed by atoms with Gasteiger partial charge in [0, 0.05) is 12.3 Å². The molecule has 0 radical (unpaired) electrons. The minimum absolute atomic E-state index is 0.165. The second kappa shape index (κ2) is 5.21. The molecule has 1 saturated carbocycles. The van der Waals surface area contributed by atoms with E-state index in [1.807, 2.05) is 6.92 Å². The Morgan fingerprint density at radius 2 is 1.85 bits per heavy atom. The highest BCUT2D eigenvalue weighted by atomic mass is 16.1. The molecule has 74 valence electrons. The van der Waals surface area contributed by atoms with Crippen LogP contribution in [0.15, 0.2) is 12.2 Å². The average Bonchev–Trinajstić information content (AvgIpc) is 2.16. The molecule has 0 aromatic rings. The van der Waals surface area contributed by atoms with Crippen LogP contribution in [-0.4, -0.2) is 5.78 Å². The molecule has 1 rings (SSSR count). The predicted molar refractivity (Wildman–Crippen MR) is 55.6 cm³/mol. The number of rotatable bonds is 1. The van der Waals surface area contributed by atoms with Gasteiger partial charge in [0.1, 0.15) is 5.78 Å². The van der Waals surface area contributed by atoms with Gasteiger partial charge in [-0.2, -0.15) is 0 Å². The molecule has 1 heteroatoms. The number of allylic oxidation sites excluding steroid dienone is 1. The molecule has 0 amide bonds. The highest BCUT2D eigenvalue weighted by molar-refractivity contribution is 5.83. The van der Waals surface area contributed by atoms with E-state index in [0.29, 0.717) is 5.78 Å². The first-order valence-corrected chi connectivity index (χ1v) is 5.40. The number of carbonyl (C=O) groups excluding carboxylic acids is 1. The summed E-state index contributed by atoms with van der Waals surface area (Å²) in [5.74, 6) is 0.590. The molecule has 0 bridgehead atoms. The Morgan fingerprint density at radius 3 is 2.54 bits per heavy atom. The van der Waals surface area contributed by atoms with Crippen LogP contribution in [0.3, 0.4) is 0 Å². The van der Waals surface area contributed by atoms with Crippen molar-refractivity contribution in [3.63, 3.8) is 0 Å². The summed E-state index contributed by atoms with van der Waals surface area (Å²) in [4.78, 5) is 11.7. The fourth-order valence-electron chi connectivity index (χ4n) is 2.03. The van der Waals surface area contributed by atoms with E-state index in [2.05, 4.69) is 6.58 Å². The first-order valence-electron chi connectivity index (χ1n) is 5.40. The number of ketones is 1. The van der Waals surface area contributed by atoms with Crippen molar-refractivity contribution in [2.24, 2.45) is 5.92 Å². The zero-order valence-electron chi connectivity index (χ0n) is 8.64. The van der Waals surface area contributed by atoms with Gasteiger partial charge in [-0.3, -0.25) is 4.79 Å². The molecule has 1 fully saturated rings. The Kier molecular flexibility index (Phi) is 4.20. The minimum atomic E-state index is 0.165. The van der Waals surface area contributed by atoms with Crippen LogP contribution in [0.4, 0.5) is 0 Å². The maximum Gasteiger partial charge on any atom is 0.139 e. The van der Waals surface area contributed by atoms with Crippen LogP contribution in [0.2, 0.25) is 0 Å². The second-order valence-corrected chi connectivity index (χ2v) is 4.17. The fourth-order valence-corrected chi connectivity index (χ4v) is 2.03. The number of hydrogen-bond donors (Lipinski definition) is 0. The smallest absolute Gasteiger partial charge is 0.139 e. The van der Waals surface area contributed by atoms with Gasteiger partial charge in [0.2, 0.25) is 0 Å². The van der Waals surface area contributed by atoms with E-state index in [1.165, 1.54) is 25.7 Å². The third-order valence-electron chi connectivity index (χ3n) is 2.90. The van der Waals surface area contributed by atoms with E-state index in [4.69, 9.17) is 0 Å². The normalized spacial score (nSPS) is 25.9. The van der Waals surface area contributed by atoms with Crippen LogP contribution in [0, 0.1) is 5.92 Å². The summed E-state index contributed by atoms with van der Waals surface area (Å²) in [6, 6.07) is 0. The monoisotopic (exact) mass is 180 g/mol. The van der Waals surface area contributed by atoms with E-state index < -0.39 is 0 Å². The first kappa shape index (κ1) is 10.5. The van der Waals surface area contributed by atoms with Gasteiger partial charge in [0.25, 0.3) is 0 Å². The lowest BCUT2D eigenvalue weighted by Gasteiger charge is -2.13. The van der Waals surface area contributed by atoms with E-state index in [9.17, 15) is 4.79 Å². The summed E-state index contributed by atoms with van der Waals surface area (Å²) in [5, 5.41) is 0. The van der Waals surface area contributed by atoms with Gasteiger partial charge < -0.3 is 0 Å². The molecule has 1 unspecified atom stereocenters. The van der Waals surface area contributed by atoms with Crippen LogP contribution in [0.1, 0.15) is 51.9 Å². The maximum absolute atomic E-state index is 11.7. The summed E-state index contributed by atoms with van der Waals surface area (Å²) in [7, 11) is 0. The van der Waals surface area contributed by atoms with Gasteiger partial charge in [-0.05, 0) is 19.8 Å². The predicted octanol–water partition coefficient (Wildman–Crippen LogP) is 3.49. The summed E-state index contributed by atoms with van der Waals surface area (Å²) in [6.07, 6.45) is 7.92. The highest BCUT2D eigenvalue weighted by Gasteiger charge is 2.18. The molecule has 1 aliphatic carbocycles. The van der Waals surface area contributed by atoms with Gasteiger partial charge in [-0.1, -0.05) is 37.8 Å². The van der Waals surface area contributed by atoms with Crippen molar-refractivity contribution in [2.75, 3.05) is 0 Å². The molecule has 1 aliphatic rings.